The number of rotatable bonds is 1. The Morgan fingerprint density at radius 3 is 2.84 bits per heavy atom. The van der Waals surface area contributed by atoms with Gasteiger partial charge in [0.1, 0.15) is 5.17 Å². The molecule has 0 aromatic heterocycles. The number of hydrogen-bond acceptors (Lipinski definition) is 5. The third kappa shape index (κ3) is 2.96. The lowest BCUT2D eigenvalue weighted by atomic mass is 10.1. The van der Waals surface area contributed by atoms with Gasteiger partial charge in [-0.3, -0.25) is 0 Å². The minimum Gasteiger partial charge on any atom is -0.329 e. The van der Waals surface area contributed by atoms with E-state index in [-0.39, 0.29) is 5.17 Å². The number of nitrogens with zero attached hydrogens (tertiary/aromatic N) is 2. The van der Waals surface area contributed by atoms with Crippen LogP contribution in [0.15, 0.2) is 16.3 Å². The van der Waals surface area contributed by atoms with Crippen molar-refractivity contribution in [2.24, 2.45) is 4.99 Å². The molecule has 0 fully saturated rings. The van der Waals surface area contributed by atoms with Gasteiger partial charge in [-0.2, -0.15) is 18.2 Å². The minimum atomic E-state index is -5.10. The zero-order valence-corrected chi connectivity index (χ0v) is 10.8. The van der Waals surface area contributed by atoms with Crippen LogP contribution in [0.5, 0.6) is 0 Å². The second-order valence-corrected chi connectivity index (χ2v) is 4.53. The molecule has 0 amide bonds. The summed E-state index contributed by atoms with van der Waals surface area (Å²) in [4.78, 5) is 18.9. The van der Waals surface area contributed by atoms with Crippen molar-refractivity contribution in [2.75, 3.05) is 13.1 Å². The molecule has 0 aromatic rings. The highest BCUT2D eigenvalue weighted by Crippen LogP contribution is 2.31. The smallest absolute Gasteiger partial charge is 0.329 e. The number of carbonyl (C=O) groups is 1. The average Bonchev–Trinajstić information content (AvgIpc) is 2.33. The number of hydroxylamine groups is 2. The Labute approximate surface area is 115 Å². The molecule has 2 aliphatic heterocycles. The molecule has 0 unspecified atom stereocenters. The fourth-order valence-corrected chi connectivity index (χ4v) is 2.27. The van der Waals surface area contributed by atoms with Gasteiger partial charge in [0, 0.05) is 25.1 Å². The van der Waals surface area contributed by atoms with Crippen molar-refractivity contribution in [1.29, 1.82) is 0 Å². The van der Waals surface area contributed by atoms with Crippen LogP contribution in [-0.4, -0.2) is 41.1 Å². The number of hydrogen-bond donors (Lipinski definition) is 1. The lowest BCUT2D eigenvalue weighted by molar-refractivity contribution is -0.234. The van der Waals surface area contributed by atoms with Crippen LogP contribution < -0.4 is 5.32 Å². The number of halogens is 5. The SMILES string of the molecule is O=C(ON1C2=C(CNCC2)C(Cl)=N[C@H]1Cl)C(F)(F)F. The lowest BCUT2D eigenvalue weighted by Gasteiger charge is -2.35. The molecule has 106 valence electrons. The van der Waals surface area contributed by atoms with E-state index in [1.165, 1.54) is 0 Å². The average molecular weight is 318 g/mol. The van der Waals surface area contributed by atoms with Crippen LogP contribution in [0.2, 0.25) is 0 Å². The van der Waals surface area contributed by atoms with Gasteiger partial charge in [0.15, 0.2) is 0 Å². The fraction of sp³-hybridized carbons (Fsp3) is 0.556. The van der Waals surface area contributed by atoms with E-state index in [1.54, 1.807) is 0 Å². The maximum Gasteiger partial charge on any atom is 0.493 e. The first-order chi connectivity index (χ1) is 8.80. The third-order valence-corrected chi connectivity index (χ3v) is 3.13. The van der Waals surface area contributed by atoms with Crippen molar-refractivity contribution in [3.05, 3.63) is 11.3 Å². The Kier molecular flexibility index (Phi) is 3.93. The maximum absolute atomic E-state index is 12.2. The molecule has 2 aliphatic rings. The van der Waals surface area contributed by atoms with Gasteiger partial charge in [0.05, 0.1) is 5.70 Å². The van der Waals surface area contributed by atoms with Crippen LogP contribution >= 0.6 is 23.2 Å². The summed E-state index contributed by atoms with van der Waals surface area (Å²) in [6.45, 7) is 0.827. The van der Waals surface area contributed by atoms with Gasteiger partial charge >= 0.3 is 12.1 Å². The molecule has 2 heterocycles. The van der Waals surface area contributed by atoms with Crippen LogP contribution in [0.25, 0.3) is 0 Å². The summed E-state index contributed by atoms with van der Waals surface area (Å²) < 4.78 is 36.6. The number of carbonyl (C=O) groups excluding carboxylic acids is 1. The zero-order valence-electron chi connectivity index (χ0n) is 9.30. The van der Waals surface area contributed by atoms with Crippen molar-refractivity contribution in [3.63, 3.8) is 0 Å². The Balaban J connectivity index is 2.25. The highest BCUT2D eigenvalue weighted by Gasteiger charge is 2.45. The van der Waals surface area contributed by atoms with E-state index >= 15 is 0 Å². The van der Waals surface area contributed by atoms with E-state index in [1.807, 2.05) is 0 Å². The summed E-state index contributed by atoms with van der Waals surface area (Å²) >= 11 is 11.6. The molecular weight excluding hydrogens is 310 g/mol. The number of nitrogens with one attached hydrogen (secondary N) is 1. The first-order valence-corrected chi connectivity index (χ1v) is 6.01. The molecule has 1 atom stereocenters. The zero-order chi connectivity index (χ0) is 14.2. The van der Waals surface area contributed by atoms with Gasteiger partial charge in [0.2, 0.25) is 5.62 Å². The molecule has 0 saturated heterocycles. The number of aliphatic imine (C=N–C) groups is 1. The largest absolute Gasteiger partial charge is 0.493 e. The summed E-state index contributed by atoms with van der Waals surface area (Å²) in [5, 5.41) is 3.73. The first kappa shape index (κ1) is 14.4. The summed E-state index contributed by atoms with van der Waals surface area (Å²) in [5.74, 6) is -2.35. The fourth-order valence-electron chi connectivity index (χ4n) is 1.70. The van der Waals surface area contributed by atoms with E-state index in [0.29, 0.717) is 35.8 Å². The van der Waals surface area contributed by atoms with Crippen LogP contribution in [-0.2, 0) is 9.63 Å². The third-order valence-electron chi connectivity index (χ3n) is 2.53. The van der Waals surface area contributed by atoms with Crippen LogP contribution in [0.1, 0.15) is 6.42 Å². The van der Waals surface area contributed by atoms with Gasteiger partial charge in [-0.25, -0.2) is 9.79 Å². The summed E-state index contributed by atoms with van der Waals surface area (Å²) in [6, 6.07) is 0. The van der Waals surface area contributed by atoms with Crippen LogP contribution in [0, 0.1) is 0 Å². The topological polar surface area (TPSA) is 53.9 Å². The Morgan fingerprint density at radius 2 is 2.21 bits per heavy atom. The molecule has 2 rings (SSSR count). The van der Waals surface area contributed by atoms with Crippen molar-refractivity contribution in [2.45, 2.75) is 18.2 Å². The maximum atomic E-state index is 12.2. The molecule has 19 heavy (non-hydrogen) atoms. The molecule has 10 heteroatoms. The second-order valence-electron chi connectivity index (χ2n) is 3.78. The van der Waals surface area contributed by atoms with Gasteiger partial charge in [-0.1, -0.05) is 23.2 Å². The van der Waals surface area contributed by atoms with E-state index in [0.717, 1.165) is 0 Å². The first-order valence-electron chi connectivity index (χ1n) is 5.19. The van der Waals surface area contributed by atoms with Crippen molar-refractivity contribution < 1.29 is 22.8 Å². The monoisotopic (exact) mass is 317 g/mol. The standard InChI is InChI=1S/C9H8Cl2F3N3O2/c10-6-4-3-15-2-1-5(4)17(8(11)16-6)19-7(18)9(12,13)14/h8,15H,1-3H2/t8-/m1/s1. The Hall–Kier alpha value is -0.990. The van der Waals surface area contributed by atoms with E-state index < -0.39 is 17.8 Å². The molecule has 0 saturated carbocycles. The van der Waals surface area contributed by atoms with E-state index in [9.17, 15) is 18.0 Å². The molecule has 0 aliphatic carbocycles. The highest BCUT2D eigenvalue weighted by atomic mass is 35.5. The second kappa shape index (κ2) is 5.18. The van der Waals surface area contributed by atoms with E-state index in [4.69, 9.17) is 23.2 Å². The lowest BCUT2D eigenvalue weighted by Crippen LogP contribution is -2.44. The molecule has 0 spiro atoms. The minimum absolute atomic E-state index is 0.0986. The van der Waals surface area contributed by atoms with Gasteiger partial charge in [-0.05, 0) is 0 Å². The summed E-state index contributed by atoms with van der Waals surface area (Å²) in [6.07, 6.45) is -4.77. The molecule has 5 nitrogen and oxygen atoms in total. The van der Waals surface area contributed by atoms with Crippen molar-refractivity contribution in [1.82, 2.24) is 10.4 Å². The van der Waals surface area contributed by atoms with Crippen molar-refractivity contribution in [3.8, 4) is 0 Å². The highest BCUT2D eigenvalue weighted by molar-refractivity contribution is 6.70. The molecule has 0 aromatic carbocycles. The Morgan fingerprint density at radius 1 is 1.53 bits per heavy atom. The Bertz CT molecular complexity index is 464. The predicted octanol–water partition coefficient (Wildman–Crippen LogP) is 1.73. The number of alkyl halides is 4. The summed E-state index contributed by atoms with van der Waals surface area (Å²) in [5.41, 5.74) is -0.508. The molecule has 1 N–H and O–H groups in total. The van der Waals surface area contributed by atoms with Gasteiger partial charge in [-0.15, -0.1) is 0 Å². The van der Waals surface area contributed by atoms with Gasteiger partial charge in [0.25, 0.3) is 0 Å². The van der Waals surface area contributed by atoms with E-state index in [2.05, 4.69) is 15.1 Å². The molecular formula is C9H8Cl2F3N3O2. The van der Waals surface area contributed by atoms with Crippen LogP contribution in [0.3, 0.4) is 0 Å². The normalized spacial score (nSPS) is 23.9. The quantitative estimate of drug-likeness (QED) is 0.591. The summed E-state index contributed by atoms with van der Waals surface area (Å²) in [7, 11) is 0. The molecule has 0 bridgehead atoms. The van der Waals surface area contributed by atoms with Crippen molar-refractivity contribution >= 4 is 34.3 Å². The predicted molar refractivity (Wildman–Crippen MR) is 61.4 cm³/mol. The molecule has 0 radical (unpaired) electrons. The van der Waals surface area contributed by atoms with Gasteiger partial charge < -0.3 is 10.2 Å². The van der Waals surface area contributed by atoms with Crippen LogP contribution in [0.4, 0.5) is 13.2 Å².